The fourth-order valence-electron chi connectivity index (χ4n) is 4.33. The van der Waals surface area contributed by atoms with Gasteiger partial charge in [-0.1, -0.05) is 0 Å². The summed E-state index contributed by atoms with van der Waals surface area (Å²) in [5.41, 5.74) is 1.35. The molecule has 0 bridgehead atoms. The average molecular weight is 331 g/mol. The Labute approximate surface area is 144 Å². The van der Waals surface area contributed by atoms with Crippen LogP contribution in [0.4, 0.5) is 0 Å². The third-order valence-corrected chi connectivity index (χ3v) is 5.71. The number of hydrogen-bond donors (Lipinski definition) is 0. The molecule has 24 heavy (non-hydrogen) atoms. The second-order valence-corrected chi connectivity index (χ2v) is 7.54. The van der Waals surface area contributed by atoms with Crippen LogP contribution >= 0.6 is 0 Å². The van der Waals surface area contributed by atoms with Crippen molar-refractivity contribution in [2.75, 3.05) is 52.5 Å². The largest absolute Gasteiger partial charge is 0.381 e. The topological polar surface area (TPSA) is 37.8 Å². The quantitative estimate of drug-likeness (QED) is 0.838. The zero-order valence-electron chi connectivity index (χ0n) is 14.5. The summed E-state index contributed by atoms with van der Waals surface area (Å²) >= 11 is 0. The lowest BCUT2D eigenvalue weighted by atomic mass is 9.92. The predicted octanol–water partition coefficient (Wildman–Crippen LogP) is 1.64. The van der Waals surface area contributed by atoms with E-state index in [-0.39, 0.29) is 0 Å². The molecule has 3 atom stereocenters. The summed E-state index contributed by atoms with van der Waals surface area (Å²) in [7, 11) is 0. The maximum Gasteiger partial charge on any atom is 0.0743 e. The first-order valence-corrected chi connectivity index (χ1v) is 9.40. The molecular formula is C19H29N3O2. The molecule has 0 aliphatic carbocycles. The molecule has 3 saturated heterocycles. The van der Waals surface area contributed by atoms with E-state index in [1.165, 1.54) is 31.5 Å². The Kier molecular flexibility index (Phi) is 5.43. The van der Waals surface area contributed by atoms with Crippen molar-refractivity contribution in [1.29, 1.82) is 0 Å². The number of aromatic nitrogens is 1. The minimum Gasteiger partial charge on any atom is -0.381 e. The van der Waals surface area contributed by atoms with Gasteiger partial charge in [-0.2, -0.15) is 0 Å². The van der Waals surface area contributed by atoms with Gasteiger partial charge in [0.05, 0.1) is 19.3 Å². The van der Waals surface area contributed by atoms with Crippen LogP contribution in [0.25, 0.3) is 0 Å². The zero-order valence-corrected chi connectivity index (χ0v) is 14.5. The first-order chi connectivity index (χ1) is 11.9. The Morgan fingerprint density at radius 2 is 1.96 bits per heavy atom. The van der Waals surface area contributed by atoms with Crippen molar-refractivity contribution >= 4 is 0 Å². The number of fused-ring (bicyclic) bond motifs is 1. The maximum atomic E-state index is 6.24. The van der Waals surface area contributed by atoms with Crippen molar-refractivity contribution in [2.45, 2.75) is 25.5 Å². The number of rotatable bonds is 4. The Morgan fingerprint density at radius 3 is 2.79 bits per heavy atom. The van der Waals surface area contributed by atoms with Crippen molar-refractivity contribution in [3.8, 4) is 0 Å². The molecule has 1 unspecified atom stereocenters. The van der Waals surface area contributed by atoms with Crippen LogP contribution in [0.2, 0.25) is 0 Å². The standard InChI is InChI=1S/C19H29N3O2/c1-5-20-6-2-16(1)11-22-8-10-24-19-14-21(7-3-18(19)13-22)12-17-4-9-23-15-17/h1-2,5-6,17-19H,3-4,7-15H2/t17?,18-,19-/m1/s1. The minimum atomic E-state index is 0.406. The van der Waals surface area contributed by atoms with Crippen LogP contribution < -0.4 is 0 Å². The third-order valence-electron chi connectivity index (χ3n) is 5.71. The molecular weight excluding hydrogens is 302 g/mol. The summed E-state index contributed by atoms with van der Waals surface area (Å²) in [6.07, 6.45) is 6.66. The van der Waals surface area contributed by atoms with Gasteiger partial charge >= 0.3 is 0 Å². The molecule has 3 fully saturated rings. The van der Waals surface area contributed by atoms with Crippen molar-refractivity contribution in [3.05, 3.63) is 30.1 Å². The van der Waals surface area contributed by atoms with Gasteiger partial charge in [-0.05, 0) is 43.0 Å². The van der Waals surface area contributed by atoms with Crippen LogP contribution in [-0.2, 0) is 16.0 Å². The smallest absolute Gasteiger partial charge is 0.0743 e. The van der Waals surface area contributed by atoms with Crippen LogP contribution in [0.15, 0.2) is 24.5 Å². The monoisotopic (exact) mass is 331 g/mol. The van der Waals surface area contributed by atoms with Gasteiger partial charge in [0, 0.05) is 57.6 Å². The number of ether oxygens (including phenoxy) is 2. The van der Waals surface area contributed by atoms with Gasteiger partial charge in [0.25, 0.3) is 0 Å². The molecule has 3 aliphatic heterocycles. The molecule has 5 heteroatoms. The number of piperidine rings is 1. The molecule has 0 aromatic carbocycles. The van der Waals surface area contributed by atoms with Gasteiger partial charge in [-0.25, -0.2) is 0 Å². The summed E-state index contributed by atoms with van der Waals surface area (Å²) < 4.78 is 11.8. The van der Waals surface area contributed by atoms with Crippen LogP contribution in [0.3, 0.4) is 0 Å². The van der Waals surface area contributed by atoms with E-state index in [0.717, 1.165) is 51.9 Å². The van der Waals surface area contributed by atoms with Crippen LogP contribution in [0.1, 0.15) is 18.4 Å². The summed E-state index contributed by atoms with van der Waals surface area (Å²) in [6.45, 7) is 9.46. The van der Waals surface area contributed by atoms with E-state index in [2.05, 4.69) is 26.9 Å². The number of hydrogen-bond acceptors (Lipinski definition) is 5. The summed E-state index contributed by atoms with van der Waals surface area (Å²) in [6, 6.07) is 4.24. The highest BCUT2D eigenvalue weighted by Gasteiger charge is 2.34. The molecule has 5 nitrogen and oxygen atoms in total. The van der Waals surface area contributed by atoms with Gasteiger partial charge in [-0.15, -0.1) is 0 Å². The van der Waals surface area contributed by atoms with Gasteiger partial charge < -0.3 is 14.4 Å². The molecule has 3 aliphatic rings. The fourth-order valence-corrected chi connectivity index (χ4v) is 4.33. The van der Waals surface area contributed by atoms with Crippen molar-refractivity contribution in [1.82, 2.24) is 14.8 Å². The molecule has 1 aromatic rings. The number of likely N-dealkylation sites (tertiary alicyclic amines) is 1. The lowest BCUT2D eigenvalue weighted by Gasteiger charge is -2.38. The second kappa shape index (κ2) is 7.91. The molecule has 132 valence electrons. The molecule has 0 amide bonds. The molecule has 0 N–H and O–H groups in total. The summed E-state index contributed by atoms with van der Waals surface area (Å²) in [5.74, 6) is 1.40. The summed E-state index contributed by atoms with van der Waals surface area (Å²) in [5, 5.41) is 0. The molecule has 0 saturated carbocycles. The summed E-state index contributed by atoms with van der Waals surface area (Å²) in [4.78, 5) is 9.28. The van der Waals surface area contributed by atoms with Crippen molar-refractivity contribution < 1.29 is 9.47 Å². The molecule has 1 aromatic heterocycles. The van der Waals surface area contributed by atoms with E-state index in [1.54, 1.807) is 0 Å². The SMILES string of the molecule is c1cc(CN2CCO[C@@H]3CN(CC4CCOC4)CC[C@@H]3C2)ccn1. The van der Waals surface area contributed by atoms with E-state index in [0.29, 0.717) is 12.0 Å². The van der Waals surface area contributed by atoms with E-state index < -0.39 is 0 Å². The lowest BCUT2D eigenvalue weighted by Crippen LogP contribution is -2.48. The highest BCUT2D eigenvalue weighted by Crippen LogP contribution is 2.26. The highest BCUT2D eigenvalue weighted by molar-refractivity contribution is 5.09. The van der Waals surface area contributed by atoms with E-state index >= 15 is 0 Å². The molecule has 0 radical (unpaired) electrons. The van der Waals surface area contributed by atoms with Crippen LogP contribution in [0, 0.1) is 11.8 Å². The second-order valence-electron chi connectivity index (χ2n) is 7.54. The first kappa shape index (κ1) is 16.5. The van der Waals surface area contributed by atoms with E-state index in [9.17, 15) is 0 Å². The maximum absolute atomic E-state index is 6.24. The Bertz CT molecular complexity index is 507. The minimum absolute atomic E-state index is 0.406. The third kappa shape index (κ3) is 4.14. The van der Waals surface area contributed by atoms with Crippen molar-refractivity contribution in [2.24, 2.45) is 11.8 Å². The number of pyridine rings is 1. The Hall–Kier alpha value is -1.01. The molecule has 4 rings (SSSR count). The van der Waals surface area contributed by atoms with E-state index in [1.807, 2.05) is 12.4 Å². The molecule has 4 heterocycles. The van der Waals surface area contributed by atoms with E-state index in [4.69, 9.17) is 9.47 Å². The lowest BCUT2D eigenvalue weighted by molar-refractivity contribution is -0.0257. The normalized spacial score (nSPS) is 32.4. The van der Waals surface area contributed by atoms with Gasteiger partial charge in [0.1, 0.15) is 0 Å². The van der Waals surface area contributed by atoms with Gasteiger partial charge in [-0.3, -0.25) is 9.88 Å². The predicted molar refractivity (Wildman–Crippen MR) is 92.7 cm³/mol. The Balaban J connectivity index is 1.31. The highest BCUT2D eigenvalue weighted by atomic mass is 16.5. The average Bonchev–Trinajstić information content (AvgIpc) is 3.02. The van der Waals surface area contributed by atoms with Crippen LogP contribution in [0.5, 0.6) is 0 Å². The zero-order chi connectivity index (χ0) is 16.2. The fraction of sp³-hybridized carbons (Fsp3) is 0.737. The van der Waals surface area contributed by atoms with Gasteiger partial charge in [0.2, 0.25) is 0 Å². The Morgan fingerprint density at radius 1 is 1.04 bits per heavy atom. The van der Waals surface area contributed by atoms with Gasteiger partial charge in [0.15, 0.2) is 0 Å². The first-order valence-electron chi connectivity index (χ1n) is 9.40. The number of nitrogens with zero attached hydrogens (tertiary/aromatic N) is 3. The van der Waals surface area contributed by atoms with Crippen LogP contribution in [-0.4, -0.2) is 73.4 Å². The van der Waals surface area contributed by atoms with Crippen molar-refractivity contribution in [3.63, 3.8) is 0 Å². The molecule has 0 spiro atoms.